The van der Waals surface area contributed by atoms with Crippen LogP contribution in [0.3, 0.4) is 0 Å². The number of rotatable bonds is 7. The van der Waals surface area contributed by atoms with Crippen LogP contribution in [0, 0.1) is 5.82 Å². The maximum atomic E-state index is 13.0. The van der Waals surface area contributed by atoms with E-state index in [0.29, 0.717) is 0 Å². The van der Waals surface area contributed by atoms with Crippen molar-refractivity contribution in [1.29, 1.82) is 0 Å². The van der Waals surface area contributed by atoms with E-state index in [4.69, 9.17) is 16.2 Å². The number of ether oxygens (including phenoxy) is 1. The summed E-state index contributed by atoms with van der Waals surface area (Å²) in [4.78, 5) is 58.8. The molecule has 1 fully saturated rings. The maximum Gasteiger partial charge on any atom is 0.338 e. The highest BCUT2D eigenvalue weighted by atomic mass is 32.2. The summed E-state index contributed by atoms with van der Waals surface area (Å²) in [6.07, 6.45) is -0.0726. The van der Waals surface area contributed by atoms with E-state index in [1.54, 1.807) is 0 Å². The molecule has 0 radical (unpaired) electrons. The van der Waals surface area contributed by atoms with Crippen molar-refractivity contribution in [2.75, 3.05) is 23.0 Å². The molecule has 1 saturated heterocycles. The summed E-state index contributed by atoms with van der Waals surface area (Å²) in [5, 5.41) is -0.574. The number of hydrogen-bond acceptors (Lipinski definition) is 10. The second kappa shape index (κ2) is 9.89. The number of nitrogen functional groups attached to an aromatic ring is 2. The Hall–Kier alpha value is -4.32. The number of Topliss-reactive ketones (excluding diaryl/α,β-unsaturated/α-hetero) is 1. The van der Waals surface area contributed by atoms with Gasteiger partial charge in [-0.15, -0.1) is 0 Å². The quantitative estimate of drug-likeness (QED) is 0.215. The van der Waals surface area contributed by atoms with Gasteiger partial charge < -0.3 is 16.2 Å². The molecular formula is C23H18FN5O5S. The van der Waals surface area contributed by atoms with E-state index in [1.165, 1.54) is 42.5 Å². The first-order valence-electron chi connectivity index (χ1n) is 10.2. The molecule has 2 heterocycles. The number of hydrogen-bond donors (Lipinski definition) is 2. The SMILES string of the molecule is Nc1cc(N)nc(SC2CC(=O)N(c3ccc(C(=O)OCC(=O)c4ccc(F)cc4)cc3)C2=O)n1. The van der Waals surface area contributed by atoms with Gasteiger partial charge in [0.05, 0.1) is 11.3 Å². The second-order valence-corrected chi connectivity index (χ2v) is 8.60. The van der Waals surface area contributed by atoms with Crippen molar-refractivity contribution >= 4 is 52.7 Å². The summed E-state index contributed by atoms with van der Waals surface area (Å²) in [5.74, 6) is -2.34. The second-order valence-electron chi connectivity index (χ2n) is 7.43. The van der Waals surface area contributed by atoms with E-state index in [9.17, 15) is 23.6 Å². The van der Waals surface area contributed by atoms with Gasteiger partial charge in [0.1, 0.15) is 22.7 Å². The van der Waals surface area contributed by atoms with Gasteiger partial charge in [0, 0.05) is 18.1 Å². The van der Waals surface area contributed by atoms with Gasteiger partial charge >= 0.3 is 5.97 Å². The number of anilines is 3. The maximum absolute atomic E-state index is 13.0. The zero-order valence-corrected chi connectivity index (χ0v) is 18.8. The standard InChI is InChI=1S/C23H18FN5O5S/c24-14-5-1-12(2-6-14)16(30)11-34-22(33)13-3-7-15(8-4-13)29-20(31)9-17(21(29)32)35-23-27-18(25)10-19(26)28-23/h1-8,10,17H,9,11H2,(H4,25,26,27,28). The van der Waals surface area contributed by atoms with Crippen LogP contribution in [-0.2, 0) is 14.3 Å². The molecule has 1 aliphatic rings. The predicted molar refractivity (Wildman–Crippen MR) is 125 cm³/mol. The van der Waals surface area contributed by atoms with Crippen molar-refractivity contribution in [2.24, 2.45) is 0 Å². The summed E-state index contributed by atoms with van der Waals surface area (Å²) >= 11 is 0.985. The number of nitrogens with zero attached hydrogens (tertiary/aromatic N) is 3. The van der Waals surface area contributed by atoms with Gasteiger partial charge in [-0.05, 0) is 48.5 Å². The van der Waals surface area contributed by atoms with Crippen molar-refractivity contribution in [3.8, 4) is 0 Å². The molecule has 178 valence electrons. The van der Waals surface area contributed by atoms with Crippen molar-refractivity contribution < 1.29 is 28.3 Å². The van der Waals surface area contributed by atoms with Crippen molar-refractivity contribution in [2.45, 2.75) is 16.8 Å². The third-order valence-corrected chi connectivity index (χ3v) is 6.01. The third-order valence-electron chi connectivity index (χ3n) is 4.96. The minimum atomic E-state index is -0.768. The van der Waals surface area contributed by atoms with Crippen LogP contribution in [0.25, 0.3) is 0 Å². The van der Waals surface area contributed by atoms with Crippen molar-refractivity contribution in [1.82, 2.24) is 9.97 Å². The zero-order valence-electron chi connectivity index (χ0n) is 18.0. The first-order valence-corrected chi connectivity index (χ1v) is 11.1. The summed E-state index contributed by atoms with van der Waals surface area (Å²) in [5.41, 5.74) is 11.9. The Morgan fingerprint density at radius 1 is 1.00 bits per heavy atom. The Balaban J connectivity index is 1.39. The molecule has 0 aliphatic carbocycles. The number of carbonyl (C=O) groups is 4. The lowest BCUT2D eigenvalue weighted by molar-refractivity contribution is -0.121. The van der Waals surface area contributed by atoms with Crippen LogP contribution in [0.5, 0.6) is 0 Å². The molecular weight excluding hydrogens is 477 g/mol. The number of thioether (sulfide) groups is 1. The van der Waals surface area contributed by atoms with E-state index in [1.807, 2.05) is 0 Å². The number of halogens is 1. The lowest BCUT2D eigenvalue weighted by atomic mass is 10.1. The topological polar surface area (TPSA) is 159 Å². The molecule has 0 bridgehead atoms. The number of esters is 1. The molecule has 1 aromatic heterocycles. The van der Waals surface area contributed by atoms with Crippen LogP contribution < -0.4 is 16.4 Å². The fraction of sp³-hybridized carbons (Fsp3) is 0.130. The Labute approximate surface area is 202 Å². The lowest BCUT2D eigenvalue weighted by Gasteiger charge is -2.15. The summed E-state index contributed by atoms with van der Waals surface area (Å²) < 4.78 is 18.0. The van der Waals surface area contributed by atoms with E-state index in [-0.39, 0.29) is 40.0 Å². The Morgan fingerprint density at radius 3 is 2.23 bits per heavy atom. The van der Waals surface area contributed by atoms with Crippen LogP contribution >= 0.6 is 11.8 Å². The highest BCUT2D eigenvalue weighted by molar-refractivity contribution is 8.00. The minimum Gasteiger partial charge on any atom is -0.454 e. The fourth-order valence-electron chi connectivity index (χ4n) is 3.29. The van der Waals surface area contributed by atoms with Gasteiger partial charge in [-0.1, -0.05) is 11.8 Å². The molecule has 2 amide bonds. The first-order chi connectivity index (χ1) is 16.7. The van der Waals surface area contributed by atoms with Crippen molar-refractivity contribution in [3.63, 3.8) is 0 Å². The molecule has 1 aliphatic heterocycles. The average molecular weight is 495 g/mol. The summed E-state index contributed by atoms with van der Waals surface area (Å²) in [6.45, 7) is -0.523. The van der Waals surface area contributed by atoms with E-state index in [0.717, 1.165) is 28.8 Å². The highest BCUT2D eigenvalue weighted by Crippen LogP contribution is 2.33. The third kappa shape index (κ3) is 5.44. The van der Waals surface area contributed by atoms with Crippen LogP contribution in [0.15, 0.2) is 59.8 Å². The molecule has 1 unspecified atom stereocenters. The van der Waals surface area contributed by atoms with Gasteiger partial charge in [-0.3, -0.25) is 14.4 Å². The van der Waals surface area contributed by atoms with Crippen molar-refractivity contribution in [3.05, 3.63) is 71.5 Å². The van der Waals surface area contributed by atoms with E-state index in [2.05, 4.69) is 9.97 Å². The molecule has 4 rings (SSSR count). The molecule has 35 heavy (non-hydrogen) atoms. The Bertz CT molecular complexity index is 1300. The molecule has 0 saturated carbocycles. The van der Waals surface area contributed by atoms with Crippen LogP contribution in [0.2, 0.25) is 0 Å². The number of imide groups is 1. The Kier molecular flexibility index (Phi) is 6.73. The highest BCUT2D eigenvalue weighted by Gasteiger charge is 2.40. The number of aromatic nitrogens is 2. The lowest BCUT2D eigenvalue weighted by Crippen LogP contribution is -2.31. The van der Waals surface area contributed by atoms with E-state index >= 15 is 0 Å². The zero-order chi connectivity index (χ0) is 25.1. The molecule has 1 atom stereocenters. The fourth-order valence-corrected chi connectivity index (χ4v) is 4.29. The number of carbonyl (C=O) groups excluding carboxylic acids is 4. The first kappa shape index (κ1) is 23.8. The molecule has 10 nitrogen and oxygen atoms in total. The molecule has 3 aromatic rings. The summed E-state index contributed by atoms with van der Waals surface area (Å²) in [7, 11) is 0. The largest absolute Gasteiger partial charge is 0.454 e. The number of ketones is 1. The number of benzene rings is 2. The van der Waals surface area contributed by atoms with Crippen LogP contribution in [-0.4, -0.2) is 45.4 Å². The smallest absolute Gasteiger partial charge is 0.338 e. The molecule has 2 aromatic carbocycles. The number of amides is 2. The van der Waals surface area contributed by atoms with Gasteiger partial charge in [0.15, 0.2) is 17.5 Å². The van der Waals surface area contributed by atoms with Gasteiger partial charge in [-0.2, -0.15) is 0 Å². The monoisotopic (exact) mass is 495 g/mol. The normalized spacial score (nSPS) is 15.3. The average Bonchev–Trinajstić information content (AvgIpc) is 3.09. The van der Waals surface area contributed by atoms with Gasteiger partial charge in [0.2, 0.25) is 11.8 Å². The van der Waals surface area contributed by atoms with Gasteiger partial charge in [-0.25, -0.2) is 24.1 Å². The molecule has 12 heteroatoms. The summed E-state index contributed by atoms with van der Waals surface area (Å²) in [6, 6.07) is 11.8. The van der Waals surface area contributed by atoms with Gasteiger partial charge in [0.25, 0.3) is 0 Å². The minimum absolute atomic E-state index is 0.0726. The van der Waals surface area contributed by atoms with E-state index < -0.39 is 41.2 Å². The van der Waals surface area contributed by atoms with Crippen LogP contribution in [0.1, 0.15) is 27.1 Å². The Morgan fingerprint density at radius 2 is 1.60 bits per heavy atom. The predicted octanol–water partition coefficient (Wildman–Crippen LogP) is 2.24. The molecule has 4 N–H and O–H groups in total. The number of nitrogens with two attached hydrogens (primary N) is 2. The van der Waals surface area contributed by atoms with Crippen LogP contribution in [0.4, 0.5) is 21.7 Å². The molecule has 0 spiro atoms.